The van der Waals surface area contributed by atoms with Crippen LogP contribution >= 0.6 is 23.2 Å². The number of carbonyl (C=O) groups excluding carboxylic acids is 1. The number of aromatic nitrogens is 2. The maximum atomic E-state index is 11.7. The number of pyridine rings is 1. The predicted octanol–water partition coefficient (Wildman–Crippen LogP) is 6.14. The first-order valence-corrected chi connectivity index (χ1v) is 13.1. The second-order valence-electron chi connectivity index (χ2n) is 9.97. The molecule has 0 spiro atoms. The van der Waals surface area contributed by atoms with Crippen LogP contribution < -0.4 is 4.90 Å². The molecule has 6 rings (SSSR count). The molecule has 36 heavy (non-hydrogen) atoms. The Kier molecular flexibility index (Phi) is 6.40. The lowest BCUT2D eigenvalue weighted by atomic mass is 10.0. The summed E-state index contributed by atoms with van der Waals surface area (Å²) in [5, 5.41) is 5.49. The highest BCUT2D eigenvalue weighted by Crippen LogP contribution is 2.47. The van der Waals surface area contributed by atoms with Gasteiger partial charge in [-0.3, -0.25) is 0 Å². The SMILES string of the molecule is COC(=O)c1ccc(N2CC3C[C@H](OCc4c(-c5c(Cl)cccc5Cl)noc4C4CC4)C[C@H]3C2)nc1. The van der Waals surface area contributed by atoms with Crippen LogP contribution in [0, 0.1) is 11.8 Å². The fraction of sp³-hybridized carbons (Fsp3) is 0.444. The molecule has 3 aliphatic rings. The lowest BCUT2D eigenvalue weighted by Crippen LogP contribution is -2.24. The number of fused-ring (bicyclic) bond motifs is 1. The van der Waals surface area contributed by atoms with Crippen LogP contribution in [-0.4, -0.2) is 42.4 Å². The van der Waals surface area contributed by atoms with Crippen molar-refractivity contribution in [3.05, 3.63) is 63.5 Å². The average molecular weight is 528 g/mol. The highest BCUT2D eigenvalue weighted by molar-refractivity contribution is 6.39. The average Bonchev–Trinajstić information content (AvgIpc) is 3.35. The number of halogens is 2. The first-order valence-electron chi connectivity index (χ1n) is 12.4. The van der Waals surface area contributed by atoms with E-state index < -0.39 is 0 Å². The van der Waals surface area contributed by atoms with Gasteiger partial charge in [0, 0.05) is 36.3 Å². The molecule has 7 nitrogen and oxygen atoms in total. The van der Waals surface area contributed by atoms with Crippen LogP contribution in [0.1, 0.15) is 53.3 Å². The summed E-state index contributed by atoms with van der Waals surface area (Å²) in [7, 11) is 1.37. The van der Waals surface area contributed by atoms with E-state index in [2.05, 4.69) is 15.0 Å². The summed E-state index contributed by atoms with van der Waals surface area (Å²) in [5.74, 6) is 2.95. The van der Waals surface area contributed by atoms with Crippen LogP contribution in [0.2, 0.25) is 10.0 Å². The number of hydrogen-bond donors (Lipinski definition) is 0. The van der Waals surface area contributed by atoms with E-state index in [1.54, 1.807) is 12.3 Å². The molecule has 9 heteroatoms. The van der Waals surface area contributed by atoms with Crippen LogP contribution in [0.5, 0.6) is 0 Å². The van der Waals surface area contributed by atoms with Crippen LogP contribution in [0.4, 0.5) is 5.82 Å². The molecule has 3 heterocycles. The number of benzene rings is 1. The molecule has 1 unspecified atom stereocenters. The molecule has 3 atom stereocenters. The zero-order chi connectivity index (χ0) is 24.8. The number of anilines is 1. The fourth-order valence-electron chi connectivity index (χ4n) is 5.63. The number of rotatable bonds is 7. The monoisotopic (exact) mass is 527 g/mol. The Morgan fingerprint density at radius 3 is 2.44 bits per heavy atom. The van der Waals surface area contributed by atoms with E-state index in [1.807, 2.05) is 24.3 Å². The second kappa shape index (κ2) is 9.69. The smallest absolute Gasteiger partial charge is 0.339 e. The molecule has 2 aliphatic carbocycles. The number of esters is 1. The lowest BCUT2D eigenvalue weighted by Gasteiger charge is -2.20. The molecular weight excluding hydrogens is 501 g/mol. The molecule has 0 bridgehead atoms. The Morgan fingerprint density at radius 1 is 1.11 bits per heavy atom. The maximum absolute atomic E-state index is 11.7. The number of ether oxygens (including phenoxy) is 2. The molecule has 1 aromatic carbocycles. The van der Waals surface area contributed by atoms with Gasteiger partial charge in [0.25, 0.3) is 0 Å². The Labute approximate surface area is 219 Å². The predicted molar refractivity (Wildman–Crippen MR) is 137 cm³/mol. The van der Waals surface area contributed by atoms with Gasteiger partial charge < -0.3 is 18.9 Å². The van der Waals surface area contributed by atoms with Crippen molar-refractivity contribution in [1.82, 2.24) is 10.1 Å². The highest BCUT2D eigenvalue weighted by atomic mass is 35.5. The van der Waals surface area contributed by atoms with Crippen molar-refractivity contribution in [1.29, 1.82) is 0 Å². The van der Waals surface area contributed by atoms with Crippen molar-refractivity contribution < 1.29 is 18.8 Å². The molecule has 0 N–H and O–H groups in total. The van der Waals surface area contributed by atoms with Crippen molar-refractivity contribution >= 4 is 35.0 Å². The van der Waals surface area contributed by atoms with E-state index in [4.69, 9.17) is 37.2 Å². The summed E-state index contributed by atoms with van der Waals surface area (Å²) < 4.78 is 17.0. The number of carbonyl (C=O) groups is 1. The number of methoxy groups -OCH3 is 1. The van der Waals surface area contributed by atoms with Crippen LogP contribution in [0.3, 0.4) is 0 Å². The molecular formula is C27H27Cl2N3O4. The third-order valence-electron chi connectivity index (χ3n) is 7.63. The van der Waals surface area contributed by atoms with Gasteiger partial charge in [-0.05, 0) is 61.8 Å². The summed E-state index contributed by atoms with van der Waals surface area (Å²) in [6.07, 6.45) is 6.00. The molecule has 188 valence electrons. The maximum Gasteiger partial charge on any atom is 0.339 e. The van der Waals surface area contributed by atoms with Crippen LogP contribution in [-0.2, 0) is 16.1 Å². The minimum atomic E-state index is -0.370. The third-order valence-corrected chi connectivity index (χ3v) is 8.26. The van der Waals surface area contributed by atoms with Gasteiger partial charge in [-0.1, -0.05) is 34.4 Å². The van der Waals surface area contributed by atoms with Gasteiger partial charge >= 0.3 is 5.97 Å². The quantitative estimate of drug-likeness (QED) is 0.341. The first-order chi connectivity index (χ1) is 17.5. The van der Waals surface area contributed by atoms with Gasteiger partial charge in [0.15, 0.2) is 0 Å². The van der Waals surface area contributed by atoms with Crippen LogP contribution in [0.25, 0.3) is 11.3 Å². The lowest BCUT2D eigenvalue weighted by molar-refractivity contribution is 0.0402. The Morgan fingerprint density at radius 2 is 1.83 bits per heavy atom. The first kappa shape index (κ1) is 23.8. The zero-order valence-corrected chi connectivity index (χ0v) is 21.5. The van der Waals surface area contributed by atoms with Gasteiger partial charge in [-0.2, -0.15) is 0 Å². The summed E-state index contributed by atoms with van der Waals surface area (Å²) in [5.41, 5.74) is 2.84. The van der Waals surface area contributed by atoms with Gasteiger partial charge in [0.05, 0.1) is 35.4 Å². The summed E-state index contributed by atoms with van der Waals surface area (Å²) in [4.78, 5) is 18.5. The normalized spacial score (nSPS) is 23.2. The molecule has 0 radical (unpaired) electrons. The summed E-state index contributed by atoms with van der Waals surface area (Å²) in [6.45, 7) is 2.32. The van der Waals surface area contributed by atoms with Crippen LogP contribution in [0.15, 0.2) is 41.1 Å². The molecule has 3 fully saturated rings. The molecule has 1 aliphatic heterocycles. The van der Waals surface area contributed by atoms with Crippen molar-refractivity contribution in [3.63, 3.8) is 0 Å². The Bertz CT molecular complexity index is 1240. The van der Waals surface area contributed by atoms with Gasteiger partial charge in [0.1, 0.15) is 17.3 Å². The van der Waals surface area contributed by atoms with Crippen molar-refractivity contribution in [3.8, 4) is 11.3 Å². The standard InChI is InChI=1S/C27H27Cl2N3O4/c1-34-27(33)16-7-8-23(30-11-16)32-12-17-9-19(10-18(17)13-32)35-14-20-25(31-36-26(20)15-5-6-15)24-21(28)3-2-4-22(24)29/h2-4,7-8,11,15,17-19H,5-6,9-10,12-14H2,1H3/t17-,18?,19+/m0/s1. The van der Waals surface area contributed by atoms with E-state index >= 15 is 0 Å². The van der Waals surface area contributed by atoms with Crippen molar-refractivity contribution in [2.45, 2.75) is 44.3 Å². The molecule has 2 saturated carbocycles. The van der Waals surface area contributed by atoms with Crippen molar-refractivity contribution in [2.24, 2.45) is 11.8 Å². The Balaban J connectivity index is 1.11. The zero-order valence-electron chi connectivity index (χ0n) is 20.0. The Hall–Kier alpha value is -2.61. The third kappa shape index (κ3) is 4.49. The fourth-order valence-corrected chi connectivity index (χ4v) is 6.21. The molecule has 1 saturated heterocycles. The minimum Gasteiger partial charge on any atom is -0.465 e. The number of hydrogen-bond acceptors (Lipinski definition) is 7. The van der Waals surface area contributed by atoms with Gasteiger partial charge in [-0.15, -0.1) is 0 Å². The van der Waals surface area contributed by atoms with Crippen molar-refractivity contribution in [2.75, 3.05) is 25.1 Å². The van der Waals surface area contributed by atoms with E-state index in [1.165, 1.54) is 7.11 Å². The second-order valence-corrected chi connectivity index (χ2v) is 10.8. The van der Waals surface area contributed by atoms with E-state index in [0.29, 0.717) is 51.2 Å². The van der Waals surface area contributed by atoms with E-state index in [9.17, 15) is 4.79 Å². The number of nitrogens with zero attached hydrogens (tertiary/aromatic N) is 3. The highest BCUT2D eigenvalue weighted by Gasteiger charge is 2.42. The largest absolute Gasteiger partial charge is 0.465 e. The summed E-state index contributed by atoms with van der Waals surface area (Å²) >= 11 is 13.0. The molecule has 3 aromatic rings. The van der Waals surface area contributed by atoms with Gasteiger partial charge in [-0.25, -0.2) is 9.78 Å². The minimum absolute atomic E-state index is 0.188. The van der Waals surface area contributed by atoms with E-state index in [0.717, 1.165) is 55.9 Å². The summed E-state index contributed by atoms with van der Waals surface area (Å²) in [6, 6.07) is 9.14. The van der Waals surface area contributed by atoms with Gasteiger partial charge in [0.2, 0.25) is 0 Å². The van der Waals surface area contributed by atoms with E-state index in [-0.39, 0.29) is 12.1 Å². The topological polar surface area (TPSA) is 77.7 Å². The molecule has 2 aromatic heterocycles. The molecule has 0 amide bonds.